The first-order valence-corrected chi connectivity index (χ1v) is 12.5. The van der Waals surface area contributed by atoms with Gasteiger partial charge >= 0.3 is 11.7 Å². The molecular weight excluding hydrogens is 492 g/mol. The molecule has 1 aromatic carbocycles. The first-order chi connectivity index (χ1) is 18.3. The van der Waals surface area contributed by atoms with E-state index in [-0.39, 0.29) is 41.7 Å². The van der Waals surface area contributed by atoms with Crippen LogP contribution < -0.4 is 16.0 Å². The first kappa shape index (κ1) is 26.6. The minimum absolute atomic E-state index is 0.189. The second kappa shape index (κ2) is 11.3. The number of ketones is 1. The fourth-order valence-corrected chi connectivity index (χ4v) is 4.10. The van der Waals surface area contributed by atoms with Gasteiger partial charge in [0, 0.05) is 31.8 Å². The maximum absolute atomic E-state index is 13.0. The minimum Gasteiger partial charge on any atom is -0.468 e. The van der Waals surface area contributed by atoms with Gasteiger partial charge in [-0.2, -0.15) is 0 Å². The van der Waals surface area contributed by atoms with Crippen molar-refractivity contribution in [1.82, 2.24) is 28.9 Å². The molecule has 12 nitrogen and oxygen atoms in total. The minimum atomic E-state index is -0.453. The summed E-state index contributed by atoms with van der Waals surface area (Å²) in [6, 6.07) is 7.73. The predicted molar refractivity (Wildman–Crippen MR) is 140 cm³/mol. The monoisotopic (exact) mass is 522 g/mol. The van der Waals surface area contributed by atoms with Crippen LogP contribution in [0.2, 0.25) is 0 Å². The summed E-state index contributed by atoms with van der Waals surface area (Å²) in [5.74, 6) is -0.211. The summed E-state index contributed by atoms with van der Waals surface area (Å²) in [7, 11) is 1.68. The van der Waals surface area contributed by atoms with E-state index < -0.39 is 11.5 Å². The molecule has 0 amide bonds. The number of nitrogens with zero attached hydrogens (tertiary/aromatic N) is 5. The number of carbonyl (C=O) groups excluding carboxylic acids is 2. The van der Waals surface area contributed by atoms with E-state index in [9.17, 15) is 19.2 Å². The summed E-state index contributed by atoms with van der Waals surface area (Å²) in [5.41, 5.74) is 0.975. The lowest BCUT2D eigenvalue weighted by molar-refractivity contribution is 0.0526. The van der Waals surface area contributed by atoms with Crippen molar-refractivity contribution in [3.8, 4) is 17.4 Å². The summed E-state index contributed by atoms with van der Waals surface area (Å²) in [6.45, 7) is 6.30. The van der Waals surface area contributed by atoms with Crippen LogP contribution in [0.3, 0.4) is 0 Å². The van der Waals surface area contributed by atoms with Crippen molar-refractivity contribution in [1.29, 1.82) is 0 Å². The molecule has 38 heavy (non-hydrogen) atoms. The fraction of sp³-hybridized carbons (Fsp3) is 0.385. The number of aromatic amines is 1. The van der Waals surface area contributed by atoms with Crippen LogP contribution in [0.15, 0.2) is 39.9 Å². The second-order valence-electron chi connectivity index (χ2n) is 8.68. The zero-order chi connectivity index (χ0) is 27.4. The van der Waals surface area contributed by atoms with Gasteiger partial charge in [-0.15, -0.1) is 5.10 Å². The molecule has 0 radical (unpaired) electrons. The third-order valence-electron chi connectivity index (χ3n) is 5.92. The maximum atomic E-state index is 13.0. The highest BCUT2D eigenvalue weighted by atomic mass is 16.5. The highest BCUT2D eigenvalue weighted by Gasteiger charge is 2.20. The van der Waals surface area contributed by atoms with E-state index in [0.717, 1.165) is 0 Å². The Bertz CT molecular complexity index is 1590. The SMILES string of the molecule is CCCn1c(=O)c2[nH]c(-c3cc(OCC(=O)c4ccc(C(=O)OCC)cc4)nn3C)nc2n(CCC)c1=O. The Kier molecular flexibility index (Phi) is 7.89. The van der Waals surface area contributed by atoms with Crippen LogP contribution in [-0.4, -0.2) is 53.8 Å². The third-order valence-corrected chi connectivity index (χ3v) is 5.92. The Balaban J connectivity index is 1.57. The van der Waals surface area contributed by atoms with E-state index in [1.807, 2.05) is 13.8 Å². The van der Waals surface area contributed by atoms with Gasteiger partial charge in [-0.1, -0.05) is 26.0 Å². The van der Waals surface area contributed by atoms with E-state index >= 15 is 0 Å². The van der Waals surface area contributed by atoms with Gasteiger partial charge in [0.15, 0.2) is 23.9 Å². The Morgan fingerprint density at radius 2 is 1.63 bits per heavy atom. The number of fused-ring (bicyclic) bond motifs is 1. The van der Waals surface area contributed by atoms with Crippen LogP contribution in [0, 0.1) is 0 Å². The van der Waals surface area contributed by atoms with E-state index in [1.165, 1.54) is 38.1 Å². The molecule has 4 aromatic rings. The van der Waals surface area contributed by atoms with Crippen molar-refractivity contribution in [3.63, 3.8) is 0 Å². The fourth-order valence-electron chi connectivity index (χ4n) is 4.10. The standard InChI is InChI=1S/C26H30N6O6/c1-5-12-31-23-21(24(34)32(13-6-2)26(31)36)27-22(28-23)18-14-20(29-30(18)4)38-15-19(33)16-8-10-17(11-9-16)25(35)37-7-3/h8-11,14H,5-7,12-13,15H2,1-4H3,(H,27,28). The summed E-state index contributed by atoms with van der Waals surface area (Å²) in [6.07, 6.45) is 1.34. The normalized spacial score (nSPS) is 11.2. The average Bonchev–Trinajstić information content (AvgIpc) is 3.51. The average molecular weight is 523 g/mol. The van der Waals surface area contributed by atoms with Crippen molar-refractivity contribution >= 4 is 22.9 Å². The molecule has 12 heteroatoms. The van der Waals surface area contributed by atoms with Gasteiger partial charge in [0.05, 0.1) is 12.2 Å². The Morgan fingerprint density at radius 3 is 2.29 bits per heavy atom. The summed E-state index contributed by atoms with van der Waals surface area (Å²) in [4.78, 5) is 57.9. The molecule has 0 unspecified atom stereocenters. The lowest BCUT2D eigenvalue weighted by atomic mass is 10.1. The van der Waals surface area contributed by atoms with Crippen LogP contribution in [0.4, 0.5) is 0 Å². The smallest absolute Gasteiger partial charge is 0.338 e. The van der Waals surface area contributed by atoms with Crippen LogP contribution in [0.1, 0.15) is 54.3 Å². The van der Waals surface area contributed by atoms with Crippen LogP contribution in [0.25, 0.3) is 22.7 Å². The van der Waals surface area contributed by atoms with Crippen LogP contribution in [-0.2, 0) is 24.9 Å². The van der Waals surface area contributed by atoms with E-state index in [4.69, 9.17) is 9.47 Å². The molecule has 200 valence electrons. The highest BCUT2D eigenvalue weighted by Crippen LogP contribution is 2.22. The number of esters is 1. The van der Waals surface area contributed by atoms with Gasteiger partial charge in [-0.05, 0) is 31.9 Å². The zero-order valence-corrected chi connectivity index (χ0v) is 21.8. The van der Waals surface area contributed by atoms with Crippen LogP contribution in [0.5, 0.6) is 5.88 Å². The topological polar surface area (TPSA) is 143 Å². The molecule has 0 saturated heterocycles. The number of nitrogens with one attached hydrogen (secondary N) is 1. The molecule has 0 aliphatic heterocycles. The molecule has 0 saturated carbocycles. The van der Waals surface area contributed by atoms with Crippen molar-refractivity contribution in [2.24, 2.45) is 7.05 Å². The second-order valence-corrected chi connectivity index (χ2v) is 8.68. The lowest BCUT2D eigenvalue weighted by Gasteiger charge is -2.09. The van der Waals surface area contributed by atoms with Crippen molar-refractivity contribution in [3.05, 3.63) is 62.3 Å². The quantitative estimate of drug-likeness (QED) is 0.234. The zero-order valence-electron chi connectivity index (χ0n) is 21.8. The molecule has 0 atom stereocenters. The Labute approximate surface area is 217 Å². The molecule has 0 aliphatic rings. The Hall–Kier alpha value is -4.48. The van der Waals surface area contributed by atoms with Gasteiger partial charge in [-0.25, -0.2) is 14.6 Å². The van der Waals surface area contributed by atoms with Crippen molar-refractivity contribution < 1.29 is 19.1 Å². The summed E-state index contributed by atoms with van der Waals surface area (Å²) < 4.78 is 14.8. The first-order valence-electron chi connectivity index (χ1n) is 12.5. The number of Topliss-reactive ketones (excluding diaryl/α,β-unsaturated/α-hetero) is 1. The molecule has 4 rings (SSSR count). The lowest BCUT2D eigenvalue weighted by Crippen LogP contribution is -2.40. The number of rotatable bonds is 11. The van der Waals surface area contributed by atoms with Gasteiger partial charge in [0.2, 0.25) is 5.88 Å². The predicted octanol–water partition coefficient (Wildman–Crippen LogP) is 2.55. The number of benzene rings is 1. The Morgan fingerprint density at radius 1 is 0.974 bits per heavy atom. The number of hydrogen-bond donors (Lipinski definition) is 1. The maximum Gasteiger partial charge on any atom is 0.338 e. The number of ether oxygens (including phenoxy) is 2. The van der Waals surface area contributed by atoms with Gasteiger partial charge in [-0.3, -0.25) is 23.4 Å². The third kappa shape index (κ3) is 5.15. The molecule has 0 bridgehead atoms. The van der Waals surface area contributed by atoms with Gasteiger partial charge in [0.25, 0.3) is 5.56 Å². The molecule has 1 N–H and O–H groups in total. The molecule has 0 fully saturated rings. The van der Waals surface area contributed by atoms with Crippen molar-refractivity contribution in [2.45, 2.75) is 46.7 Å². The molecule has 3 heterocycles. The van der Waals surface area contributed by atoms with Gasteiger partial charge in [0.1, 0.15) is 11.2 Å². The number of hydrogen-bond acceptors (Lipinski definition) is 8. The molecular formula is C26H30N6O6. The molecule has 0 spiro atoms. The molecule has 3 aromatic heterocycles. The number of H-pyrrole nitrogens is 1. The number of aryl methyl sites for hydroxylation is 2. The van der Waals surface area contributed by atoms with Crippen molar-refractivity contribution in [2.75, 3.05) is 13.2 Å². The molecule has 0 aliphatic carbocycles. The number of carbonyl (C=O) groups is 2. The number of aromatic nitrogens is 6. The van der Waals surface area contributed by atoms with E-state index in [1.54, 1.807) is 20.0 Å². The highest BCUT2D eigenvalue weighted by molar-refractivity contribution is 5.98. The number of imidazole rings is 1. The van der Waals surface area contributed by atoms with E-state index in [2.05, 4.69) is 15.1 Å². The largest absolute Gasteiger partial charge is 0.468 e. The summed E-state index contributed by atoms with van der Waals surface area (Å²) >= 11 is 0. The van der Waals surface area contributed by atoms with Gasteiger partial charge < -0.3 is 14.5 Å². The summed E-state index contributed by atoms with van der Waals surface area (Å²) in [5, 5.41) is 4.30. The van der Waals surface area contributed by atoms with Crippen LogP contribution >= 0.6 is 0 Å². The van der Waals surface area contributed by atoms with E-state index in [0.29, 0.717) is 48.6 Å².